The second kappa shape index (κ2) is 6.17. The first-order valence-corrected chi connectivity index (χ1v) is 6.73. The fourth-order valence-corrected chi connectivity index (χ4v) is 2.81. The normalized spacial score (nSPS) is 17.2. The fourth-order valence-electron chi connectivity index (χ4n) is 1.83. The van der Waals surface area contributed by atoms with Gasteiger partial charge in [0, 0.05) is 17.7 Å². The van der Waals surface area contributed by atoms with Gasteiger partial charge < -0.3 is 4.74 Å². The summed E-state index contributed by atoms with van der Waals surface area (Å²) in [7, 11) is 0. The van der Waals surface area contributed by atoms with Gasteiger partial charge >= 0.3 is 6.18 Å². The highest BCUT2D eigenvalue weighted by molar-refractivity contribution is 7.11. The van der Waals surface area contributed by atoms with Crippen LogP contribution in [0.3, 0.4) is 0 Å². The molecule has 8 heteroatoms. The van der Waals surface area contributed by atoms with Gasteiger partial charge in [0.05, 0.1) is 11.6 Å². The third-order valence-electron chi connectivity index (χ3n) is 3.00. The molecule has 110 valence electrons. The van der Waals surface area contributed by atoms with Gasteiger partial charge in [0.15, 0.2) is 5.01 Å². The maximum absolute atomic E-state index is 12.6. The SMILES string of the molecule is CCOC(C)(CC)C(NN)c1cnc(C(F)(F)F)s1. The lowest BCUT2D eigenvalue weighted by Crippen LogP contribution is -2.45. The Labute approximate surface area is 114 Å². The van der Waals surface area contributed by atoms with Crippen LogP contribution in [0.25, 0.3) is 0 Å². The zero-order valence-electron chi connectivity index (χ0n) is 11.0. The molecule has 0 amide bonds. The predicted octanol–water partition coefficient (Wildman–Crippen LogP) is 2.87. The second-order valence-corrected chi connectivity index (χ2v) is 5.33. The number of hydrogen-bond acceptors (Lipinski definition) is 5. The molecule has 2 unspecified atom stereocenters. The highest BCUT2D eigenvalue weighted by Crippen LogP contribution is 2.38. The highest BCUT2D eigenvalue weighted by atomic mass is 32.1. The summed E-state index contributed by atoms with van der Waals surface area (Å²) >= 11 is 0.582. The molecule has 0 saturated carbocycles. The number of hydrazine groups is 1. The van der Waals surface area contributed by atoms with Gasteiger partial charge in [0.25, 0.3) is 0 Å². The Morgan fingerprint density at radius 1 is 1.47 bits per heavy atom. The summed E-state index contributed by atoms with van der Waals surface area (Å²) in [6, 6.07) is -0.536. The third kappa shape index (κ3) is 3.65. The summed E-state index contributed by atoms with van der Waals surface area (Å²) in [6.07, 6.45) is -2.63. The van der Waals surface area contributed by atoms with E-state index in [1.807, 2.05) is 20.8 Å². The molecular weight excluding hydrogens is 279 g/mol. The van der Waals surface area contributed by atoms with Gasteiger partial charge in [0.2, 0.25) is 0 Å². The number of rotatable bonds is 6. The summed E-state index contributed by atoms with van der Waals surface area (Å²) in [6.45, 7) is 5.99. The molecule has 0 aromatic carbocycles. The molecule has 0 aliphatic rings. The van der Waals surface area contributed by atoms with E-state index < -0.39 is 22.8 Å². The van der Waals surface area contributed by atoms with Crippen LogP contribution in [0, 0.1) is 0 Å². The van der Waals surface area contributed by atoms with Gasteiger partial charge in [-0.05, 0) is 20.3 Å². The summed E-state index contributed by atoms with van der Waals surface area (Å²) < 4.78 is 43.3. The number of alkyl halides is 3. The molecule has 0 fully saturated rings. The Morgan fingerprint density at radius 2 is 2.11 bits per heavy atom. The van der Waals surface area contributed by atoms with E-state index in [2.05, 4.69) is 10.4 Å². The monoisotopic (exact) mass is 297 g/mol. The number of ether oxygens (including phenoxy) is 1. The van der Waals surface area contributed by atoms with Crippen LogP contribution in [0.1, 0.15) is 43.1 Å². The molecule has 1 rings (SSSR count). The number of thiazole rings is 1. The molecule has 19 heavy (non-hydrogen) atoms. The first kappa shape index (κ1) is 16.4. The Balaban J connectivity index is 3.06. The first-order chi connectivity index (χ1) is 8.78. The molecule has 3 N–H and O–H groups in total. The van der Waals surface area contributed by atoms with Crippen LogP contribution >= 0.6 is 11.3 Å². The number of nitrogens with zero attached hydrogens (tertiary/aromatic N) is 1. The first-order valence-electron chi connectivity index (χ1n) is 5.91. The quantitative estimate of drug-likeness (QED) is 0.626. The van der Waals surface area contributed by atoms with E-state index in [4.69, 9.17) is 10.6 Å². The Morgan fingerprint density at radius 3 is 2.47 bits per heavy atom. The molecule has 1 heterocycles. The lowest BCUT2D eigenvalue weighted by atomic mass is 9.92. The number of halogens is 3. The minimum absolute atomic E-state index is 0.410. The van der Waals surface area contributed by atoms with Gasteiger partial charge in [-0.15, -0.1) is 11.3 Å². The van der Waals surface area contributed by atoms with Crippen molar-refractivity contribution < 1.29 is 17.9 Å². The minimum atomic E-state index is -4.43. The van der Waals surface area contributed by atoms with Crippen LogP contribution in [-0.4, -0.2) is 17.2 Å². The largest absolute Gasteiger partial charge is 0.443 e. The summed E-state index contributed by atoms with van der Waals surface area (Å²) in [5, 5.41) is -0.877. The number of aromatic nitrogens is 1. The maximum Gasteiger partial charge on any atom is 0.443 e. The van der Waals surface area contributed by atoms with Gasteiger partial charge in [-0.2, -0.15) is 13.2 Å². The number of hydrogen-bond donors (Lipinski definition) is 2. The van der Waals surface area contributed by atoms with Crippen LogP contribution in [0.2, 0.25) is 0 Å². The summed E-state index contributed by atoms with van der Waals surface area (Å²) in [5.41, 5.74) is 1.86. The maximum atomic E-state index is 12.6. The van der Waals surface area contributed by atoms with Crippen molar-refractivity contribution in [1.82, 2.24) is 10.4 Å². The third-order valence-corrected chi connectivity index (χ3v) is 4.11. The number of nitrogens with two attached hydrogens (primary N) is 1. The zero-order valence-corrected chi connectivity index (χ0v) is 11.9. The van der Waals surface area contributed by atoms with Crippen molar-refractivity contribution in [3.05, 3.63) is 16.1 Å². The Bertz CT molecular complexity index is 410. The predicted molar refractivity (Wildman–Crippen MR) is 67.5 cm³/mol. The second-order valence-electron chi connectivity index (χ2n) is 4.26. The molecular formula is C11H18F3N3OS. The number of nitrogens with one attached hydrogen (secondary N) is 1. The fraction of sp³-hybridized carbons (Fsp3) is 0.727. The molecule has 0 radical (unpaired) electrons. The molecule has 0 saturated heterocycles. The van der Waals surface area contributed by atoms with E-state index in [9.17, 15) is 13.2 Å². The molecule has 1 aromatic heterocycles. The van der Waals surface area contributed by atoms with Crippen molar-refractivity contribution >= 4 is 11.3 Å². The topological polar surface area (TPSA) is 60.2 Å². The van der Waals surface area contributed by atoms with Crippen LogP contribution in [-0.2, 0) is 10.9 Å². The van der Waals surface area contributed by atoms with Gasteiger partial charge in [-0.25, -0.2) is 10.4 Å². The van der Waals surface area contributed by atoms with E-state index in [0.717, 1.165) is 0 Å². The molecule has 4 nitrogen and oxygen atoms in total. The van der Waals surface area contributed by atoms with Crippen LogP contribution in [0.15, 0.2) is 6.20 Å². The minimum Gasteiger partial charge on any atom is -0.374 e. The highest BCUT2D eigenvalue weighted by Gasteiger charge is 2.39. The lowest BCUT2D eigenvalue weighted by molar-refractivity contribution is -0.137. The van der Waals surface area contributed by atoms with E-state index in [0.29, 0.717) is 29.2 Å². The van der Waals surface area contributed by atoms with Crippen molar-refractivity contribution in [1.29, 1.82) is 0 Å². The van der Waals surface area contributed by atoms with Crippen LogP contribution < -0.4 is 11.3 Å². The molecule has 0 bridgehead atoms. The zero-order chi connectivity index (χ0) is 14.7. The van der Waals surface area contributed by atoms with E-state index >= 15 is 0 Å². The molecule has 0 aliphatic heterocycles. The van der Waals surface area contributed by atoms with Crippen molar-refractivity contribution in [2.45, 2.75) is 45.0 Å². The molecule has 0 aliphatic carbocycles. The van der Waals surface area contributed by atoms with E-state index in [-0.39, 0.29) is 0 Å². The van der Waals surface area contributed by atoms with Crippen molar-refractivity contribution in [2.75, 3.05) is 6.61 Å². The van der Waals surface area contributed by atoms with Crippen LogP contribution in [0.5, 0.6) is 0 Å². The average Bonchev–Trinajstić information content (AvgIpc) is 2.79. The molecule has 1 aromatic rings. The Kier molecular flexibility index (Phi) is 5.31. The Hall–Kier alpha value is -0.700. The van der Waals surface area contributed by atoms with Crippen molar-refractivity contribution in [2.24, 2.45) is 5.84 Å². The summed E-state index contributed by atoms with van der Waals surface area (Å²) in [4.78, 5) is 3.82. The lowest BCUT2D eigenvalue weighted by Gasteiger charge is -2.35. The molecule has 0 spiro atoms. The van der Waals surface area contributed by atoms with Crippen molar-refractivity contribution in [3.8, 4) is 0 Å². The van der Waals surface area contributed by atoms with Gasteiger partial charge in [-0.1, -0.05) is 6.92 Å². The molecule has 2 atom stereocenters. The standard InChI is InChI=1S/C11H18F3N3OS/c1-4-10(3,18-5-2)8(17-15)7-6-16-9(19-7)11(12,13)14/h6,8,17H,4-5,15H2,1-3H3. The van der Waals surface area contributed by atoms with E-state index in [1.165, 1.54) is 6.20 Å². The van der Waals surface area contributed by atoms with Gasteiger partial charge in [0.1, 0.15) is 0 Å². The summed E-state index contributed by atoms with van der Waals surface area (Å²) in [5.74, 6) is 5.48. The van der Waals surface area contributed by atoms with Crippen LogP contribution in [0.4, 0.5) is 13.2 Å². The van der Waals surface area contributed by atoms with Gasteiger partial charge in [-0.3, -0.25) is 5.84 Å². The average molecular weight is 297 g/mol. The smallest absolute Gasteiger partial charge is 0.374 e. The van der Waals surface area contributed by atoms with E-state index in [1.54, 1.807) is 0 Å². The van der Waals surface area contributed by atoms with Crippen molar-refractivity contribution in [3.63, 3.8) is 0 Å².